The van der Waals surface area contributed by atoms with E-state index in [-0.39, 0.29) is 23.6 Å². The Morgan fingerprint density at radius 1 is 1.04 bits per heavy atom. The predicted octanol–water partition coefficient (Wildman–Crippen LogP) is 3.67. The van der Waals surface area contributed by atoms with E-state index in [4.69, 9.17) is 0 Å². The molecule has 0 heterocycles. The highest BCUT2D eigenvalue weighted by Gasteiger charge is 2.29. The molecule has 1 aliphatic rings. The summed E-state index contributed by atoms with van der Waals surface area (Å²) in [5, 5.41) is 10.7. The smallest absolute Gasteiger partial charge is 0.289 e. The zero-order valence-electron chi connectivity index (χ0n) is 12.7. The molecule has 0 fully saturated rings. The maximum Gasteiger partial charge on any atom is 0.304 e. The molecule has 0 saturated carbocycles. The SMILES string of the molecule is CC1=C(Cc2ccc([N+](=O)[O-])c(F)c2)C(=O)c2ccccc2C1=O. The van der Waals surface area contributed by atoms with Crippen molar-refractivity contribution in [2.24, 2.45) is 0 Å². The van der Waals surface area contributed by atoms with Crippen molar-refractivity contribution in [3.63, 3.8) is 0 Å². The molecule has 24 heavy (non-hydrogen) atoms. The van der Waals surface area contributed by atoms with Gasteiger partial charge >= 0.3 is 5.69 Å². The average Bonchev–Trinajstić information content (AvgIpc) is 2.56. The third kappa shape index (κ3) is 2.52. The molecule has 6 heteroatoms. The van der Waals surface area contributed by atoms with Crippen LogP contribution in [0.15, 0.2) is 53.6 Å². The number of carbonyl (C=O) groups is 2. The second-order valence-corrected chi connectivity index (χ2v) is 5.53. The Bertz CT molecular complexity index is 930. The molecule has 3 rings (SSSR count). The zero-order chi connectivity index (χ0) is 17.4. The minimum absolute atomic E-state index is 0.0413. The minimum atomic E-state index is -0.967. The minimum Gasteiger partial charge on any atom is -0.289 e. The van der Waals surface area contributed by atoms with Crippen LogP contribution in [0.5, 0.6) is 0 Å². The van der Waals surface area contributed by atoms with Gasteiger partial charge in [-0.3, -0.25) is 19.7 Å². The van der Waals surface area contributed by atoms with Crippen LogP contribution in [0.4, 0.5) is 10.1 Å². The number of fused-ring (bicyclic) bond motifs is 1. The summed E-state index contributed by atoms with van der Waals surface area (Å²) in [5.74, 6) is -1.48. The van der Waals surface area contributed by atoms with Gasteiger partial charge in [0.15, 0.2) is 11.6 Å². The fraction of sp³-hybridized carbons (Fsp3) is 0.111. The number of ketones is 2. The monoisotopic (exact) mass is 325 g/mol. The lowest BCUT2D eigenvalue weighted by Gasteiger charge is -2.19. The molecule has 0 unspecified atom stereocenters. The standard InChI is InChI=1S/C18H12FNO4/c1-10-14(8-11-6-7-16(20(23)24)15(19)9-11)18(22)13-5-3-2-4-12(13)17(10)21/h2-7,9H,8H2,1H3. The Hall–Kier alpha value is -3.15. The van der Waals surface area contributed by atoms with E-state index in [0.717, 1.165) is 12.1 Å². The van der Waals surface area contributed by atoms with Gasteiger partial charge in [0.2, 0.25) is 5.82 Å². The lowest BCUT2D eigenvalue weighted by molar-refractivity contribution is -0.387. The first-order chi connectivity index (χ1) is 11.4. The van der Waals surface area contributed by atoms with Gasteiger partial charge in [-0.1, -0.05) is 30.3 Å². The first kappa shape index (κ1) is 15.7. The van der Waals surface area contributed by atoms with Crippen LogP contribution in [-0.4, -0.2) is 16.5 Å². The summed E-state index contributed by atoms with van der Waals surface area (Å²) in [6, 6.07) is 10.0. The Morgan fingerprint density at radius 3 is 2.25 bits per heavy atom. The van der Waals surface area contributed by atoms with Crippen molar-refractivity contribution < 1.29 is 18.9 Å². The van der Waals surface area contributed by atoms with Crippen molar-refractivity contribution in [3.8, 4) is 0 Å². The molecule has 0 spiro atoms. The Morgan fingerprint density at radius 2 is 1.67 bits per heavy atom. The number of Topliss-reactive ketones (excluding diaryl/α,β-unsaturated/α-hetero) is 2. The van der Waals surface area contributed by atoms with Crippen molar-refractivity contribution >= 4 is 17.3 Å². The topological polar surface area (TPSA) is 77.3 Å². The molecule has 2 aromatic carbocycles. The van der Waals surface area contributed by atoms with E-state index in [0.29, 0.717) is 22.3 Å². The van der Waals surface area contributed by atoms with Crippen LogP contribution < -0.4 is 0 Å². The van der Waals surface area contributed by atoms with Crippen LogP contribution in [0.3, 0.4) is 0 Å². The first-order valence-corrected chi connectivity index (χ1v) is 7.21. The highest BCUT2D eigenvalue weighted by atomic mass is 19.1. The number of halogens is 1. The van der Waals surface area contributed by atoms with Crippen molar-refractivity contribution in [2.45, 2.75) is 13.3 Å². The summed E-state index contributed by atoms with van der Waals surface area (Å²) in [7, 11) is 0. The van der Waals surface area contributed by atoms with Crippen LogP contribution in [-0.2, 0) is 6.42 Å². The number of allylic oxidation sites excluding steroid dienone is 2. The molecule has 0 aromatic heterocycles. The third-order valence-electron chi connectivity index (χ3n) is 4.07. The largest absolute Gasteiger partial charge is 0.304 e. The highest BCUT2D eigenvalue weighted by Crippen LogP contribution is 2.29. The summed E-state index contributed by atoms with van der Waals surface area (Å²) in [6.07, 6.45) is 0.0413. The second-order valence-electron chi connectivity index (χ2n) is 5.53. The van der Waals surface area contributed by atoms with Crippen LogP contribution in [0.25, 0.3) is 0 Å². The lowest BCUT2D eigenvalue weighted by atomic mass is 9.82. The van der Waals surface area contributed by atoms with Gasteiger partial charge in [-0.25, -0.2) is 0 Å². The maximum absolute atomic E-state index is 13.8. The number of nitrogens with zero attached hydrogens (tertiary/aromatic N) is 1. The fourth-order valence-electron chi connectivity index (χ4n) is 2.78. The van der Waals surface area contributed by atoms with Crippen LogP contribution in [0.2, 0.25) is 0 Å². The van der Waals surface area contributed by atoms with Gasteiger partial charge in [0.05, 0.1) is 4.92 Å². The predicted molar refractivity (Wildman–Crippen MR) is 84.6 cm³/mol. The Labute approximate surface area is 136 Å². The van der Waals surface area contributed by atoms with Gasteiger partial charge < -0.3 is 0 Å². The molecule has 0 aliphatic heterocycles. The molecule has 120 valence electrons. The summed E-state index contributed by atoms with van der Waals surface area (Å²) < 4.78 is 13.8. The van der Waals surface area contributed by atoms with Gasteiger partial charge in [0.25, 0.3) is 0 Å². The molecule has 0 N–H and O–H groups in total. The molecule has 2 aromatic rings. The second kappa shape index (κ2) is 5.81. The average molecular weight is 325 g/mol. The van der Waals surface area contributed by atoms with Crippen molar-refractivity contribution in [2.75, 3.05) is 0 Å². The third-order valence-corrected chi connectivity index (χ3v) is 4.07. The quantitative estimate of drug-likeness (QED) is 0.637. The van der Waals surface area contributed by atoms with E-state index >= 15 is 0 Å². The number of nitro groups is 1. The molecular formula is C18H12FNO4. The number of benzene rings is 2. The number of nitro benzene ring substituents is 1. The van der Waals surface area contributed by atoms with Crippen molar-refractivity contribution in [3.05, 3.63) is 86.2 Å². The molecular weight excluding hydrogens is 313 g/mol. The van der Waals surface area contributed by atoms with Crippen molar-refractivity contribution in [1.29, 1.82) is 0 Å². The first-order valence-electron chi connectivity index (χ1n) is 7.21. The Balaban J connectivity index is 2.00. The zero-order valence-corrected chi connectivity index (χ0v) is 12.7. The molecule has 0 bridgehead atoms. The number of hydrogen-bond donors (Lipinski definition) is 0. The molecule has 0 radical (unpaired) electrons. The number of carbonyl (C=O) groups excluding carboxylic acids is 2. The van der Waals surface area contributed by atoms with E-state index in [1.807, 2.05) is 0 Å². The number of rotatable bonds is 3. The molecule has 1 aliphatic carbocycles. The maximum atomic E-state index is 13.8. The van der Waals surface area contributed by atoms with Crippen LogP contribution in [0.1, 0.15) is 33.2 Å². The van der Waals surface area contributed by atoms with E-state index in [1.54, 1.807) is 31.2 Å². The van der Waals surface area contributed by atoms with Gasteiger partial charge in [-0.15, -0.1) is 0 Å². The lowest BCUT2D eigenvalue weighted by Crippen LogP contribution is -2.22. The van der Waals surface area contributed by atoms with Crippen LogP contribution in [0, 0.1) is 15.9 Å². The summed E-state index contributed by atoms with van der Waals surface area (Å²) in [6.45, 7) is 1.56. The molecule has 0 atom stereocenters. The number of hydrogen-bond acceptors (Lipinski definition) is 4. The Kier molecular flexibility index (Phi) is 3.81. The van der Waals surface area contributed by atoms with E-state index in [1.165, 1.54) is 6.07 Å². The summed E-state index contributed by atoms with van der Waals surface area (Å²) >= 11 is 0. The van der Waals surface area contributed by atoms with E-state index in [9.17, 15) is 24.1 Å². The van der Waals surface area contributed by atoms with Crippen LogP contribution >= 0.6 is 0 Å². The normalized spacial score (nSPS) is 13.9. The highest BCUT2D eigenvalue weighted by molar-refractivity contribution is 6.26. The molecule has 5 nitrogen and oxygen atoms in total. The van der Waals surface area contributed by atoms with E-state index in [2.05, 4.69) is 0 Å². The summed E-state index contributed by atoms with van der Waals surface area (Å²) in [5.41, 5.74) is 1.06. The summed E-state index contributed by atoms with van der Waals surface area (Å²) in [4.78, 5) is 34.9. The fourth-order valence-corrected chi connectivity index (χ4v) is 2.78. The van der Waals surface area contributed by atoms with Crippen molar-refractivity contribution in [1.82, 2.24) is 0 Å². The van der Waals surface area contributed by atoms with E-state index < -0.39 is 16.4 Å². The van der Waals surface area contributed by atoms with Gasteiger partial charge in [-0.2, -0.15) is 4.39 Å². The van der Waals surface area contributed by atoms with Gasteiger partial charge in [0.1, 0.15) is 0 Å². The molecule has 0 saturated heterocycles. The molecule has 0 amide bonds. The van der Waals surface area contributed by atoms with Gasteiger partial charge in [-0.05, 0) is 18.6 Å². The van der Waals surface area contributed by atoms with Gasteiger partial charge in [0, 0.05) is 34.8 Å².